The second kappa shape index (κ2) is 8.34. The lowest BCUT2D eigenvalue weighted by atomic mass is 9.96. The minimum atomic E-state index is -4.75. The molecule has 0 spiro atoms. The molecule has 0 saturated carbocycles. The fourth-order valence-corrected chi connectivity index (χ4v) is 3.37. The van der Waals surface area contributed by atoms with Crippen molar-refractivity contribution in [2.45, 2.75) is 12.1 Å². The van der Waals surface area contributed by atoms with Crippen LogP contribution in [0.4, 0.5) is 17.6 Å². The molecule has 0 heterocycles. The molecule has 0 radical (unpaired) electrons. The molecule has 0 bridgehead atoms. The molecule has 0 amide bonds. The number of benzene rings is 2. The van der Waals surface area contributed by atoms with Crippen LogP contribution in [0, 0.1) is 0 Å². The van der Waals surface area contributed by atoms with Crippen molar-refractivity contribution in [1.29, 1.82) is 0 Å². The van der Waals surface area contributed by atoms with Crippen LogP contribution in [0.2, 0.25) is 15.1 Å². The van der Waals surface area contributed by atoms with Gasteiger partial charge in [-0.25, -0.2) is 4.39 Å². The molecule has 0 aliphatic carbocycles. The van der Waals surface area contributed by atoms with E-state index in [9.17, 15) is 17.6 Å². The predicted molar refractivity (Wildman–Crippen MR) is 104 cm³/mol. The molecule has 2 aromatic rings. The molecule has 0 nitrogen and oxygen atoms in total. The summed E-state index contributed by atoms with van der Waals surface area (Å²) in [7, 11) is 0. The normalized spacial score (nSPS) is 13.6. The van der Waals surface area contributed by atoms with E-state index in [1.165, 1.54) is 18.2 Å². The molecule has 0 aliphatic heterocycles. The number of alkyl halides is 3. The third-order valence-electron chi connectivity index (χ3n) is 3.53. The van der Waals surface area contributed by atoms with Crippen LogP contribution in [-0.4, -0.2) is 6.18 Å². The van der Waals surface area contributed by atoms with Gasteiger partial charge in [0.1, 0.15) is 11.7 Å². The van der Waals surface area contributed by atoms with Crippen molar-refractivity contribution >= 4 is 62.6 Å². The van der Waals surface area contributed by atoms with Crippen molar-refractivity contribution < 1.29 is 17.6 Å². The highest BCUT2D eigenvalue weighted by Crippen LogP contribution is 2.42. The smallest absolute Gasteiger partial charge is 0.207 e. The molecule has 8 heteroatoms. The molecular formula is C18H10BrCl3F4. The van der Waals surface area contributed by atoms with E-state index in [1.807, 2.05) is 0 Å². The van der Waals surface area contributed by atoms with E-state index >= 15 is 0 Å². The van der Waals surface area contributed by atoms with Gasteiger partial charge in [0.15, 0.2) is 0 Å². The molecule has 0 aliphatic rings. The van der Waals surface area contributed by atoms with Crippen molar-refractivity contribution in [2.24, 2.45) is 0 Å². The molecule has 2 rings (SSSR count). The van der Waals surface area contributed by atoms with Gasteiger partial charge in [0.25, 0.3) is 0 Å². The first kappa shape index (κ1) is 21.3. The summed E-state index contributed by atoms with van der Waals surface area (Å²) >= 11 is 20.6. The minimum Gasteiger partial charge on any atom is -0.207 e. The summed E-state index contributed by atoms with van der Waals surface area (Å²) in [4.78, 5) is 0. The van der Waals surface area contributed by atoms with Crippen molar-refractivity contribution in [3.8, 4) is 0 Å². The van der Waals surface area contributed by atoms with Gasteiger partial charge in [-0.05, 0) is 35.4 Å². The van der Waals surface area contributed by atoms with Crippen LogP contribution in [0.15, 0.2) is 47.5 Å². The average Bonchev–Trinajstić information content (AvgIpc) is 2.55. The van der Waals surface area contributed by atoms with Gasteiger partial charge in [0, 0.05) is 10.0 Å². The molecule has 1 atom stereocenters. The second-order valence-electron chi connectivity index (χ2n) is 5.27. The van der Waals surface area contributed by atoms with Gasteiger partial charge in [-0.3, -0.25) is 0 Å². The lowest BCUT2D eigenvalue weighted by Gasteiger charge is -2.19. The zero-order chi connectivity index (χ0) is 19.6. The monoisotopic (exact) mass is 486 g/mol. The summed E-state index contributed by atoms with van der Waals surface area (Å²) in [6.07, 6.45) is -2.74. The van der Waals surface area contributed by atoms with Crippen LogP contribution in [-0.2, 0) is 0 Å². The van der Waals surface area contributed by atoms with Crippen LogP contribution in [0.3, 0.4) is 0 Å². The van der Waals surface area contributed by atoms with Crippen LogP contribution in [0.5, 0.6) is 0 Å². The third-order valence-corrected chi connectivity index (χ3v) is 5.41. The van der Waals surface area contributed by atoms with Gasteiger partial charge in [-0.2, -0.15) is 13.2 Å². The van der Waals surface area contributed by atoms with Crippen molar-refractivity contribution in [3.05, 3.63) is 79.2 Å². The Bertz CT molecular complexity index is 852. The van der Waals surface area contributed by atoms with Gasteiger partial charge in [-0.15, -0.1) is 0 Å². The molecule has 0 fully saturated rings. The topological polar surface area (TPSA) is 0 Å². The Morgan fingerprint density at radius 3 is 2.12 bits per heavy atom. The third kappa shape index (κ3) is 4.83. The van der Waals surface area contributed by atoms with E-state index in [2.05, 4.69) is 22.5 Å². The summed E-state index contributed by atoms with van der Waals surface area (Å²) < 4.78 is 55.5. The fraction of sp³-hybridized carbons (Fsp3) is 0.111. The number of halogens is 8. The van der Waals surface area contributed by atoms with Crippen molar-refractivity contribution in [2.75, 3.05) is 0 Å². The van der Waals surface area contributed by atoms with E-state index in [-0.39, 0.29) is 26.2 Å². The number of hydrogen-bond donors (Lipinski definition) is 0. The summed E-state index contributed by atoms with van der Waals surface area (Å²) in [5.41, 5.74) is 0.363. The Labute approximate surface area is 171 Å². The maximum atomic E-state index is 14.5. The number of rotatable bonds is 4. The van der Waals surface area contributed by atoms with Crippen LogP contribution in [0.25, 0.3) is 11.9 Å². The molecule has 26 heavy (non-hydrogen) atoms. The first-order valence-electron chi connectivity index (χ1n) is 7.05. The molecular weight excluding hydrogens is 478 g/mol. The Morgan fingerprint density at radius 2 is 1.65 bits per heavy atom. The first-order chi connectivity index (χ1) is 12.0. The zero-order valence-corrected chi connectivity index (χ0v) is 16.7. The average molecular weight is 489 g/mol. The number of hydrogen-bond acceptors (Lipinski definition) is 0. The molecule has 1 unspecified atom stereocenters. The summed E-state index contributed by atoms with van der Waals surface area (Å²) in [5, 5.41) is -0.350. The molecule has 2 aromatic carbocycles. The van der Waals surface area contributed by atoms with Gasteiger partial charge in [0.05, 0.1) is 15.1 Å². The maximum Gasteiger partial charge on any atom is 0.399 e. The minimum absolute atomic E-state index is 0.0112. The van der Waals surface area contributed by atoms with Crippen LogP contribution >= 0.6 is 50.7 Å². The zero-order valence-electron chi connectivity index (χ0n) is 12.8. The highest BCUT2D eigenvalue weighted by molar-refractivity contribution is 9.10. The lowest BCUT2D eigenvalue weighted by Crippen LogP contribution is -2.19. The second-order valence-corrected chi connectivity index (χ2v) is 7.32. The van der Waals surface area contributed by atoms with Crippen LogP contribution in [0.1, 0.15) is 22.6 Å². The Balaban J connectivity index is 2.53. The fourth-order valence-electron chi connectivity index (χ4n) is 2.22. The first-order valence-corrected chi connectivity index (χ1v) is 8.98. The Kier molecular flexibility index (Phi) is 6.83. The summed E-state index contributed by atoms with van der Waals surface area (Å²) in [5.74, 6) is -3.28. The van der Waals surface area contributed by atoms with E-state index in [0.29, 0.717) is 16.1 Å². The van der Waals surface area contributed by atoms with E-state index in [0.717, 1.165) is 12.1 Å². The van der Waals surface area contributed by atoms with E-state index < -0.39 is 17.9 Å². The Hall–Kier alpha value is -1.01. The molecule has 0 aromatic heterocycles. The highest BCUT2D eigenvalue weighted by atomic mass is 79.9. The van der Waals surface area contributed by atoms with Crippen LogP contribution < -0.4 is 0 Å². The van der Waals surface area contributed by atoms with Gasteiger partial charge >= 0.3 is 6.18 Å². The summed E-state index contributed by atoms with van der Waals surface area (Å²) in [6, 6.07) is 6.32. The standard InChI is InChI=1S/C18H10BrCl3F4/c1-2-9-3-4-10(5-13(9)19)16(23)8-12(18(24,25)26)11-6-14(20)17(22)15(21)7-11/h2-8,12H,1H2/b16-8-. The van der Waals surface area contributed by atoms with E-state index in [4.69, 9.17) is 34.8 Å². The molecule has 0 N–H and O–H groups in total. The summed E-state index contributed by atoms with van der Waals surface area (Å²) in [6.45, 7) is 3.59. The number of allylic oxidation sites excluding steroid dienone is 1. The maximum absolute atomic E-state index is 14.5. The molecule has 0 saturated heterocycles. The largest absolute Gasteiger partial charge is 0.399 e. The Morgan fingerprint density at radius 1 is 1.08 bits per heavy atom. The predicted octanol–water partition coefficient (Wildman–Crippen LogP) is 8.71. The van der Waals surface area contributed by atoms with Gasteiger partial charge in [-0.1, -0.05) is 75.5 Å². The highest BCUT2D eigenvalue weighted by Gasteiger charge is 2.40. The lowest BCUT2D eigenvalue weighted by molar-refractivity contribution is -0.139. The molecule has 138 valence electrons. The van der Waals surface area contributed by atoms with Gasteiger partial charge < -0.3 is 0 Å². The van der Waals surface area contributed by atoms with Gasteiger partial charge in [0.2, 0.25) is 0 Å². The van der Waals surface area contributed by atoms with E-state index in [1.54, 1.807) is 6.07 Å². The SMILES string of the molecule is C=Cc1ccc(/C(F)=C/C(c2cc(Cl)c(Cl)c(Cl)c2)C(F)(F)F)cc1Br. The van der Waals surface area contributed by atoms with Crippen molar-refractivity contribution in [1.82, 2.24) is 0 Å². The van der Waals surface area contributed by atoms with Crippen molar-refractivity contribution in [3.63, 3.8) is 0 Å². The quantitative estimate of drug-likeness (QED) is 0.298.